The van der Waals surface area contributed by atoms with E-state index in [1.54, 1.807) is 7.11 Å². The number of anilines is 1. The maximum atomic E-state index is 13.2. The van der Waals surface area contributed by atoms with Gasteiger partial charge in [-0.1, -0.05) is 55.5 Å². The zero-order valence-corrected chi connectivity index (χ0v) is 21.4. The number of ether oxygens (including phenoxy) is 1. The van der Waals surface area contributed by atoms with Crippen LogP contribution in [-0.2, 0) is 16.1 Å². The fourth-order valence-corrected chi connectivity index (χ4v) is 5.19. The molecule has 0 bridgehead atoms. The Morgan fingerprint density at radius 3 is 2.22 bits per heavy atom. The van der Waals surface area contributed by atoms with Crippen molar-refractivity contribution in [3.05, 3.63) is 76.7 Å². The molecular formula is C27H36N6O3. The van der Waals surface area contributed by atoms with Crippen molar-refractivity contribution in [2.45, 2.75) is 51.2 Å². The number of methoxy groups -OCH3 is 1. The minimum absolute atomic E-state index is 0.0941. The number of para-hydroxylation sites is 1. The Bertz CT molecular complexity index is 1170. The van der Waals surface area contributed by atoms with Gasteiger partial charge in [-0.15, -0.1) is 0 Å². The number of aryl methyl sites for hydroxylation is 1. The van der Waals surface area contributed by atoms with Gasteiger partial charge >= 0.3 is 5.69 Å². The average molecular weight is 493 g/mol. The monoisotopic (exact) mass is 492 g/mol. The third-order valence-electron chi connectivity index (χ3n) is 7.11. The van der Waals surface area contributed by atoms with Crippen molar-refractivity contribution in [3.8, 4) is 0 Å². The van der Waals surface area contributed by atoms with Gasteiger partial charge in [-0.25, -0.2) is 4.79 Å². The van der Waals surface area contributed by atoms with Crippen LogP contribution < -0.4 is 10.6 Å². The number of tetrazole rings is 1. The third-order valence-corrected chi connectivity index (χ3v) is 7.11. The number of hydrogen-bond donors (Lipinski definition) is 0. The Balaban J connectivity index is 1.59. The molecule has 192 valence electrons. The van der Waals surface area contributed by atoms with E-state index >= 15 is 0 Å². The molecule has 1 aromatic heterocycles. The molecule has 1 amide bonds. The summed E-state index contributed by atoms with van der Waals surface area (Å²) in [6.07, 6.45) is 1.95. The number of nitrogens with zero attached hydrogens (tertiary/aromatic N) is 6. The zero-order valence-electron chi connectivity index (χ0n) is 21.4. The lowest BCUT2D eigenvalue weighted by Gasteiger charge is -2.49. The van der Waals surface area contributed by atoms with Crippen LogP contribution in [0, 0.1) is 0 Å². The molecule has 9 heteroatoms. The van der Waals surface area contributed by atoms with Crippen LogP contribution in [0.3, 0.4) is 0 Å². The van der Waals surface area contributed by atoms with Crippen LogP contribution in [0.1, 0.15) is 44.7 Å². The number of amides is 1. The van der Waals surface area contributed by atoms with Crippen LogP contribution in [0.4, 0.5) is 5.69 Å². The van der Waals surface area contributed by atoms with E-state index in [2.05, 4.69) is 15.3 Å². The molecule has 0 N–H and O–H groups in total. The first-order valence-corrected chi connectivity index (χ1v) is 12.7. The van der Waals surface area contributed by atoms with Crippen LogP contribution in [-0.4, -0.2) is 69.5 Å². The van der Waals surface area contributed by atoms with Gasteiger partial charge < -0.3 is 14.5 Å². The number of hydrogen-bond acceptors (Lipinski definition) is 6. The van der Waals surface area contributed by atoms with Gasteiger partial charge in [0.05, 0.1) is 18.2 Å². The van der Waals surface area contributed by atoms with Gasteiger partial charge in [0.2, 0.25) is 5.91 Å². The molecule has 0 aliphatic carbocycles. The molecule has 0 radical (unpaired) electrons. The molecule has 0 spiro atoms. The normalized spacial score (nSPS) is 16.5. The highest BCUT2D eigenvalue weighted by Gasteiger charge is 2.43. The molecule has 1 atom stereocenters. The van der Waals surface area contributed by atoms with Crippen LogP contribution >= 0.6 is 0 Å². The van der Waals surface area contributed by atoms with Gasteiger partial charge in [0.15, 0.2) is 0 Å². The number of carbonyl (C=O) groups is 1. The lowest BCUT2D eigenvalue weighted by molar-refractivity contribution is -0.120. The SMILES string of the molecule is CCC(=O)N(c1ccccc1)C1(COC)CCN(CC(c2ccccc2)n2nnn(CC)c2=O)CC1. The molecule has 4 rings (SSSR count). The van der Waals surface area contributed by atoms with E-state index in [9.17, 15) is 9.59 Å². The minimum Gasteiger partial charge on any atom is -0.382 e. The van der Waals surface area contributed by atoms with Crippen molar-refractivity contribution in [1.29, 1.82) is 0 Å². The number of benzene rings is 2. The van der Waals surface area contributed by atoms with Crippen LogP contribution in [0.25, 0.3) is 0 Å². The Morgan fingerprint density at radius 2 is 1.67 bits per heavy atom. The van der Waals surface area contributed by atoms with Crippen LogP contribution in [0.15, 0.2) is 65.5 Å². The summed E-state index contributed by atoms with van der Waals surface area (Å²) in [4.78, 5) is 30.4. The molecule has 0 saturated carbocycles. The van der Waals surface area contributed by atoms with E-state index in [0.717, 1.165) is 37.2 Å². The quantitative estimate of drug-likeness (QED) is 0.433. The molecule has 3 aromatic rings. The summed E-state index contributed by atoms with van der Waals surface area (Å²) >= 11 is 0. The Kier molecular flexibility index (Phi) is 8.32. The van der Waals surface area contributed by atoms with Gasteiger partial charge in [0, 0.05) is 45.4 Å². The average Bonchev–Trinajstić information content (AvgIpc) is 3.29. The summed E-state index contributed by atoms with van der Waals surface area (Å²) in [6.45, 7) is 6.89. The highest BCUT2D eigenvalue weighted by atomic mass is 16.5. The van der Waals surface area contributed by atoms with Crippen molar-refractivity contribution in [2.24, 2.45) is 0 Å². The lowest BCUT2D eigenvalue weighted by atomic mass is 9.85. The molecule has 1 aliphatic rings. The molecule has 1 fully saturated rings. The van der Waals surface area contributed by atoms with Gasteiger partial charge in [0.1, 0.15) is 0 Å². The Morgan fingerprint density at radius 1 is 1.03 bits per heavy atom. The molecular weight excluding hydrogens is 456 g/mol. The summed E-state index contributed by atoms with van der Waals surface area (Å²) in [7, 11) is 1.70. The maximum Gasteiger partial charge on any atom is 0.364 e. The van der Waals surface area contributed by atoms with E-state index in [-0.39, 0.29) is 17.6 Å². The first kappa shape index (κ1) is 25.8. The fourth-order valence-electron chi connectivity index (χ4n) is 5.19. The second-order valence-electron chi connectivity index (χ2n) is 9.32. The predicted octanol–water partition coefficient (Wildman–Crippen LogP) is 2.97. The zero-order chi connectivity index (χ0) is 25.5. The second-order valence-corrected chi connectivity index (χ2v) is 9.32. The molecule has 9 nitrogen and oxygen atoms in total. The van der Waals surface area contributed by atoms with Gasteiger partial charge in [-0.05, 0) is 47.9 Å². The highest BCUT2D eigenvalue weighted by Crippen LogP contribution is 2.35. The third kappa shape index (κ3) is 5.27. The van der Waals surface area contributed by atoms with Crippen LogP contribution in [0.2, 0.25) is 0 Å². The van der Waals surface area contributed by atoms with E-state index in [1.165, 1.54) is 9.36 Å². The molecule has 2 heterocycles. The molecule has 36 heavy (non-hydrogen) atoms. The molecule has 1 saturated heterocycles. The standard InChI is InChI=1S/C27H36N6O3/c1-4-25(34)32(23-14-10-7-11-15-23)27(21-36-3)16-18-30(19-17-27)20-24(22-12-8-6-9-13-22)33-26(35)31(5-2)28-29-33/h6-15,24H,4-5,16-21H2,1-3H3. The molecule has 2 aromatic carbocycles. The van der Waals surface area contributed by atoms with E-state index < -0.39 is 5.54 Å². The Hall–Kier alpha value is -3.30. The van der Waals surface area contributed by atoms with Crippen molar-refractivity contribution in [2.75, 3.05) is 38.3 Å². The minimum atomic E-state index is -0.426. The largest absolute Gasteiger partial charge is 0.382 e. The van der Waals surface area contributed by atoms with Crippen molar-refractivity contribution in [1.82, 2.24) is 24.7 Å². The summed E-state index contributed by atoms with van der Waals surface area (Å²) < 4.78 is 8.56. The summed E-state index contributed by atoms with van der Waals surface area (Å²) in [5, 5.41) is 8.25. The van der Waals surface area contributed by atoms with E-state index in [1.807, 2.05) is 79.4 Å². The molecule has 1 aliphatic heterocycles. The van der Waals surface area contributed by atoms with Gasteiger partial charge in [-0.3, -0.25) is 4.79 Å². The number of piperidine rings is 1. The van der Waals surface area contributed by atoms with Crippen LogP contribution in [0.5, 0.6) is 0 Å². The van der Waals surface area contributed by atoms with E-state index in [0.29, 0.717) is 26.1 Å². The first-order valence-electron chi connectivity index (χ1n) is 12.7. The molecule has 1 unspecified atom stereocenters. The summed E-state index contributed by atoms with van der Waals surface area (Å²) in [6, 6.07) is 19.6. The summed E-state index contributed by atoms with van der Waals surface area (Å²) in [5.74, 6) is 0.0941. The van der Waals surface area contributed by atoms with Crippen molar-refractivity contribution >= 4 is 11.6 Å². The smallest absolute Gasteiger partial charge is 0.364 e. The Labute approximate surface area is 212 Å². The summed E-state index contributed by atoms with van der Waals surface area (Å²) in [5.41, 5.74) is 1.29. The fraction of sp³-hybridized carbons (Fsp3) is 0.481. The van der Waals surface area contributed by atoms with Crippen molar-refractivity contribution < 1.29 is 9.53 Å². The van der Waals surface area contributed by atoms with Crippen molar-refractivity contribution in [3.63, 3.8) is 0 Å². The number of carbonyl (C=O) groups excluding carboxylic acids is 1. The highest BCUT2D eigenvalue weighted by molar-refractivity contribution is 5.94. The first-order chi connectivity index (χ1) is 17.5. The lowest BCUT2D eigenvalue weighted by Crippen LogP contribution is -2.60. The van der Waals surface area contributed by atoms with Gasteiger partial charge in [-0.2, -0.15) is 9.36 Å². The number of aromatic nitrogens is 4. The second kappa shape index (κ2) is 11.6. The number of likely N-dealkylation sites (tertiary alicyclic amines) is 1. The topological polar surface area (TPSA) is 85.5 Å². The van der Waals surface area contributed by atoms with Gasteiger partial charge in [0.25, 0.3) is 0 Å². The predicted molar refractivity (Wildman–Crippen MR) is 139 cm³/mol. The van der Waals surface area contributed by atoms with E-state index in [4.69, 9.17) is 4.74 Å². The maximum absolute atomic E-state index is 13.2. The number of rotatable bonds is 10.